The van der Waals surface area contributed by atoms with E-state index in [0.717, 1.165) is 15.4 Å². The van der Waals surface area contributed by atoms with Crippen LogP contribution in [0.4, 0.5) is 10.1 Å². The van der Waals surface area contributed by atoms with Gasteiger partial charge in [-0.2, -0.15) is 0 Å². The van der Waals surface area contributed by atoms with E-state index in [0.29, 0.717) is 10.9 Å². The van der Waals surface area contributed by atoms with Crippen LogP contribution in [0, 0.1) is 12.7 Å². The number of carbonyl (C=O) groups is 2. The fourth-order valence-electron chi connectivity index (χ4n) is 4.80. The molecule has 4 aromatic rings. The third-order valence-corrected chi connectivity index (χ3v) is 9.84. The first kappa shape index (κ1) is 33.9. The van der Waals surface area contributed by atoms with Crippen LogP contribution in [-0.4, -0.2) is 43.8 Å². The minimum absolute atomic E-state index is 0.0110. The largest absolute Gasteiger partial charge is 0.352 e. The van der Waals surface area contributed by atoms with E-state index in [-0.39, 0.29) is 35.2 Å². The topological polar surface area (TPSA) is 86.8 Å². The smallest absolute Gasteiger partial charge is 0.264 e. The van der Waals surface area contributed by atoms with E-state index in [1.807, 2.05) is 51.1 Å². The highest BCUT2D eigenvalue weighted by Gasteiger charge is 2.35. The van der Waals surface area contributed by atoms with Gasteiger partial charge in [0.2, 0.25) is 11.8 Å². The number of carbonyl (C=O) groups excluding carboxylic acids is 2. The lowest BCUT2D eigenvalue weighted by atomic mass is 10.0. The van der Waals surface area contributed by atoms with Gasteiger partial charge in [0, 0.05) is 29.0 Å². The van der Waals surface area contributed by atoms with Gasteiger partial charge in [0.15, 0.2) is 0 Å². The summed E-state index contributed by atoms with van der Waals surface area (Å²) in [6, 6.07) is 27.0. The number of benzene rings is 4. The number of nitrogens with one attached hydrogen (secondary N) is 1. The third-order valence-electron chi connectivity index (χ3n) is 7.55. The number of hydrogen-bond donors (Lipinski definition) is 1. The van der Waals surface area contributed by atoms with Crippen LogP contribution < -0.4 is 9.62 Å². The zero-order chi connectivity index (χ0) is 32.6. The lowest BCUT2D eigenvalue weighted by Crippen LogP contribution is -2.54. The first-order chi connectivity index (χ1) is 21.5. The van der Waals surface area contributed by atoms with Gasteiger partial charge in [-0.1, -0.05) is 95.1 Å². The van der Waals surface area contributed by atoms with Crippen molar-refractivity contribution in [3.8, 4) is 0 Å². The summed E-state index contributed by atoms with van der Waals surface area (Å²) in [6.45, 7) is 4.79. The van der Waals surface area contributed by atoms with Gasteiger partial charge in [-0.25, -0.2) is 12.8 Å². The molecule has 0 aromatic heterocycles. The van der Waals surface area contributed by atoms with E-state index < -0.39 is 40.2 Å². The first-order valence-electron chi connectivity index (χ1n) is 14.7. The highest BCUT2D eigenvalue weighted by atomic mass is 79.9. The molecule has 7 nitrogen and oxygen atoms in total. The van der Waals surface area contributed by atoms with E-state index >= 15 is 4.39 Å². The summed E-state index contributed by atoms with van der Waals surface area (Å²) in [6.07, 6.45) is 0.807. The summed E-state index contributed by atoms with van der Waals surface area (Å²) in [7, 11) is -4.23. The van der Waals surface area contributed by atoms with Crippen molar-refractivity contribution in [2.45, 2.75) is 57.1 Å². The predicted molar refractivity (Wildman–Crippen MR) is 179 cm³/mol. The molecule has 2 amide bonds. The second-order valence-electron chi connectivity index (χ2n) is 10.9. The molecule has 0 saturated carbocycles. The van der Waals surface area contributed by atoms with Gasteiger partial charge in [0.05, 0.1) is 10.6 Å². The summed E-state index contributed by atoms with van der Waals surface area (Å²) >= 11 is 3.41. The number of aryl methyl sites for hydroxylation is 1. The summed E-state index contributed by atoms with van der Waals surface area (Å²) in [5, 5.41) is 2.97. The molecule has 0 radical (unpaired) electrons. The molecule has 4 aromatic carbocycles. The molecule has 45 heavy (non-hydrogen) atoms. The summed E-state index contributed by atoms with van der Waals surface area (Å²) in [4.78, 5) is 29.6. The number of sulfonamides is 1. The molecule has 10 heteroatoms. The van der Waals surface area contributed by atoms with Gasteiger partial charge < -0.3 is 10.2 Å². The molecule has 0 fully saturated rings. The quantitative estimate of drug-likeness (QED) is 0.170. The number of halogens is 2. The van der Waals surface area contributed by atoms with Crippen molar-refractivity contribution >= 4 is 43.5 Å². The zero-order valence-corrected chi connectivity index (χ0v) is 27.9. The van der Waals surface area contributed by atoms with E-state index in [9.17, 15) is 18.0 Å². The van der Waals surface area contributed by atoms with Crippen LogP contribution in [0.2, 0.25) is 0 Å². The molecule has 236 valence electrons. The maximum Gasteiger partial charge on any atom is 0.264 e. The number of amides is 2. The lowest BCUT2D eigenvalue weighted by molar-refractivity contribution is -0.140. The standard InChI is InChI=1S/C35H37BrFN3O4S/c1-4-26(3)38-35(42)33(21-27-11-6-5-7-12-27)39(23-28-13-8-9-16-32(28)37)34(41)24-40(30-15-10-14-29(36)22-30)45(43,44)31-19-17-25(2)18-20-31/h5-20,22,26,33H,4,21,23-24H2,1-3H3,(H,38,42)/t26-,33-/m0/s1. The average Bonchev–Trinajstić information content (AvgIpc) is 3.02. The second kappa shape index (κ2) is 15.3. The SMILES string of the molecule is CC[C@H](C)NC(=O)[C@H](Cc1ccccc1)N(Cc1ccccc1F)C(=O)CN(c1cccc(Br)c1)S(=O)(=O)c1ccc(C)cc1. The van der Waals surface area contributed by atoms with E-state index in [4.69, 9.17) is 0 Å². The molecule has 0 unspecified atom stereocenters. The molecule has 0 saturated heterocycles. The number of rotatable bonds is 13. The second-order valence-corrected chi connectivity index (χ2v) is 13.7. The van der Waals surface area contributed by atoms with Crippen molar-refractivity contribution in [1.82, 2.24) is 10.2 Å². The number of hydrogen-bond acceptors (Lipinski definition) is 4. The zero-order valence-electron chi connectivity index (χ0n) is 25.5. The van der Waals surface area contributed by atoms with Crippen molar-refractivity contribution in [2.75, 3.05) is 10.8 Å². The van der Waals surface area contributed by atoms with Gasteiger partial charge in [-0.3, -0.25) is 13.9 Å². The fourth-order valence-corrected chi connectivity index (χ4v) is 6.60. The summed E-state index contributed by atoms with van der Waals surface area (Å²) < 4.78 is 44.9. The van der Waals surface area contributed by atoms with Crippen LogP contribution in [0.3, 0.4) is 0 Å². The third kappa shape index (κ3) is 8.79. The molecule has 0 heterocycles. The highest BCUT2D eigenvalue weighted by molar-refractivity contribution is 9.10. The molecule has 0 spiro atoms. The molecular formula is C35H37BrFN3O4S. The fraction of sp³-hybridized carbons (Fsp3) is 0.257. The minimum Gasteiger partial charge on any atom is -0.352 e. The van der Waals surface area contributed by atoms with Crippen molar-refractivity contribution in [1.29, 1.82) is 0 Å². The summed E-state index contributed by atoms with van der Waals surface area (Å²) in [5.41, 5.74) is 2.14. The number of anilines is 1. The Morgan fingerprint density at radius 3 is 2.22 bits per heavy atom. The molecule has 2 atom stereocenters. The van der Waals surface area contributed by atoms with Gasteiger partial charge in [0.1, 0.15) is 18.4 Å². The lowest BCUT2D eigenvalue weighted by Gasteiger charge is -2.34. The molecular weight excluding hydrogens is 657 g/mol. The Morgan fingerprint density at radius 1 is 0.911 bits per heavy atom. The Bertz CT molecular complexity index is 1720. The minimum atomic E-state index is -4.23. The molecule has 0 bridgehead atoms. The van der Waals surface area contributed by atoms with Crippen LogP contribution in [0.25, 0.3) is 0 Å². The van der Waals surface area contributed by atoms with Gasteiger partial charge in [-0.15, -0.1) is 0 Å². The molecule has 1 N–H and O–H groups in total. The Labute approximate surface area is 273 Å². The maximum absolute atomic E-state index is 15.0. The molecule has 4 rings (SSSR count). The van der Waals surface area contributed by atoms with Crippen molar-refractivity contribution in [2.24, 2.45) is 0 Å². The Kier molecular flexibility index (Phi) is 11.5. The van der Waals surface area contributed by atoms with E-state index in [1.165, 1.54) is 23.1 Å². The Hall–Kier alpha value is -4.02. The van der Waals surface area contributed by atoms with Crippen molar-refractivity contribution in [3.05, 3.63) is 130 Å². The van der Waals surface area contributed by atoms with Gasteiger partial charge in [-0.05, 0) is 62.2 Å². The van der Waals surface area contributed by atoms with Crippen molar-refractivity contribution in [3.63, 3.8) is 0 Å². The highest BCUT2D eigenvalue weighted by Crippen LogP contribution is 2.28. The van der Waals surface area contributed by atoms with Crippen LogP contribution in [0.15, 0.2) is 112 Å². The first-order valence-corrected chi connectivity index (χ1v) is 16.9. The van der Waals surface area contributed by atoms with Crippen LogP contribution in [0.1, 0.15) is 37.0 Å². The maximum atomic E-state index is 15.0. The van der Waals surface area contributed by atoms with E-state index in [1.54, 1.807) is 54.6 Å². The van der Waals surface area contributed by atoms with Gasteiger partial charge in [0.25, 0.3) is 10.0 Å². The average molecular weight is 695 g/mol. The van der Waals surface area contributed by atoms with Crippen LogP contribution in [0.5, 0.6) is 0 Å². The van der Waals surface area contributed by atoms with Gasteiger partial charge >= 0.3 is 0 Å². The monoisotopic (exact) mass is 693 g/mol. The Balaban J connectivity index is 1.82. The molecule has 0 aliphatic heterocycles. The normalized spacial score (nSPS) is 12.6. The summed E-state index contributed by atoms with van der Waals surface area (Å²) in [5.74, 6) is -1.60. The molecule has 0 aliphatic rings. The van der Waals surface area contributed by atoms with Crippen LogP contribution >= 0.6 is 15.9 Å². The van der Waals surface area contributed by atoms with E-state index in [2.05, 4.69) is 21.2 Å². The van der Waals surface area contributed by atoms with Crippen molar-refractivity contribution < 1.29 is 22.4 Å². The predicted octanol–water partition coefficient (Wildman–Crippen LogP) is 6.65. The Morgan fingerprint density at radius 2 is 1.58 bits per heavy atom. The molecule has 0 aliphatic carbocycles. The van der Waals surface area contributed by atoms with Crippen LogP contribution in [-0.2, 0) is 32.6 Å². The number of nitrogens with zero attached hydrogens (tertiary/aromatic N) is 2.